The van der Waals surface area contributed by atoms with Crippen molar-refractivity contribution in [3.63, 3.8) is 0 Å². The predicted molar refractivity (Wildman–Crippen MR) is 77.3 cm³/mol. The second kappa shape index (κ2) is 5.73. The number of para-hydroxylation sites is 1. The van der Waals surface area contributed by atoms with E-state index in [1.165, 1.54) is 0 Å². The molecular weight excluding hydrogens is 254 g/mol. The van der Waals surface area contributed by atoms with E-state index in [0.29, 0.717) is 17.9 Å². The molecule has 1 heterocycles. The summed E-state index contributed by atoms with van der Waals surface area (Å²) in [5.74, 6) is 1.13. The lowest BCUT2D eigenvalue weighted by molar-refractivity contribution is 0.0170. The summed E-state index contributed by atoms with van der Waals surface area (Å²) in [6.07, 6.45) is 4.29. The maximum Gasteiger partial charge on any atom is 0.342 e. The Morgan fingerprint density at radius 1 is 1.30 bits per heavy atom. The molecule has 1 aromatic rings. The highest BCUT2D eigenvalue weighted by atomic mass is 16.5. The second-order valence-electron chi connectivity index (χ2n) is 5.74. The van der Waals surface area contributed by atoms with E-state index < -0.39 is 0 Å². The van der Waals surface area contributed by atoms with Gasteiger partial charge in [0, 0.05) is 6.54 Å². The number of rotatable bonds is 2. The Hall–Kier alpha value is -1.71. The summed E-state index contributed by atoms with van der Waals surface area (Å²) in [6.45, 7) is 3.61. The van der Waals surface area contributed by atoms with Crippen LogP contribution in [-0.2, 0) is 4.74 Å². The zero-order chi connectivity index (χ0) is 13.9. The Morgan fingerprint density at radius 3 is 2.90 bits per heavy atom. The van der Waals surface area contributed by atoms with Crippen LogP contribution in [0.15, 0.2) is 18.2 Å². The maximum atomic E-state index is 12.3. The number of benzene rings is 1. The number of carbonyl (C=O) groups is 1. The number of esters is 1. The minimum atomic E-state index is -0.259. The number of carbonyl (C=O) groups excluding carboxylic acids is 1. The molecule has 108 valence electrons. The summed E-state index contributed by atoms with van der Waals surface area (Å²) in [6, 6.07) is 5.56. The highest BCUT2D eigenvalue weighted by molar-refractivity contribution is 5.95. The van der Waals surface area contributed by atoms with Crippen LogP contribution in [0.25, 0.3) is 0 Å². The Morgan fingerprint density at radius 2 is 2.10 bits per heavy atom. The predicted octanol–water partition coefficient (Wildman–Crippen LogP) is 3.23. The number of anilines is 1. The summed E-state index contributed by atoms with van der Waals surface area (Å²) in [5.41, 5.74) is 1.41. The molecule has 4 heteroatoms. The number of nitrogens with one attached hydrogen (secondary N) is 1. The summed E-state index contributed by atoms with van der Waals surface area (Å²) < 4.78 is 11.3. The molecule has 0 bridgehead atoms. The maximum absolute atomic E-state index is 12.3. The van der Waals surface area contributed by atoms with Crippen LogP contribution in [0, 0.1) is 5.92 Å². The zero-order valence-electron chi connectivity index (χ0n) is 11.9. The van der Waals surface area contributed by atoms with Crippen LogP contribution in [0.3, 0.4) is 0 Å². The van der Waals surface area contributed by atoms with Crippen molar-refractivity contribution in [2.75, 3.05) is 18.5 Å². The first-order valence-corrected chi connectivity index (χ1v) is 7.44. The Kier molecular flexibility index (Phi) is 3.81. The van der Waals surface area contributed by atoms with Crippen molar-refractivity contribution in [3.8, 4) is 5.75 Å². The van der Waals surface area contributed by atoms with Gasteiger partial charge in [0.25, 0.3) is 0 Å². The van der Waals surface area contributed by atoms with Crippen LogP contribution in [0.4, 0.5) is 5.69 Å². The van der Waals surface area contributed by atoms with Gasteiger partial charge in [0.15, 0.2) is 5.75 Å². The van der Waals surface area contributed by atoms with Crippen molar-refractivity contribution < 1.29 is 14.3 Å². The molecule has 20 heavy (non-hydrogen) atoms. The van der Waals surface area contributed by atoms with Crippen molar-refractivity contribution in [1.82, 2.24) is 0 Å². The van der Waals surface area contributed by atoms with Gasteiger partial charge in [0.2, 0.25) is 0 Å². The number of ether oxygens (including phenoxy) is 2. The SMILES string of the molecule is CC1CCC(OC(=O)c2cccc3c2OCCN3)CC1. The van der Waals surface area contributed by atoms with Gasteiger partial charge in [0.1, 0.15) is 18.3 Å². The fourth-order valence-electron chi connectivity index (χ4n) is 2.89. The van der Waals surface area contributed by atoms with Gasteiger partial charge >= 0.3 is 5.97 Å². The third-order valence-corrected chi connectivity index (χ3v) is 4.14. The Balaban J connectivity index is 1.71. The van der Waals surface area contributed by atoms with Gasteiger partial charge in [-0.3, -0.25) is 0 Å². The van der Waals surface area contributed by atoms with Crippen LogP contribution in [0.2, 0.25) is 0 Å². The molecular formula is C16H21NO3. The minimum absolute atomic E-state index is 0.0612. The highest BCUT2D eigenvalue weighted by Gasteiger charge is 2.25. The van der Waals surface area contributed by atoms with E-state index in [1.807, 2.05) is 12.1 Å². The van der Waals surface area contributed by atoms with Gasteiger partial charge in [-0.25, -0.2) is 4.79 Å². The van der Waals surface area contributed by atoms with Gasteiger partial charge < -0.3 is 14.8 Å². The molecule has 0 unspecified atom stereocenters. The van der Waals surface area contributed by atoms with Gasteiger partial charge in [0.05, 0.1) is 5.69 Å². The van der Waals surface area contributed by atoms with Crippen molar-refractivity contribution in [3.05, 3.63) is 23.8 Å². The van der Waals surface area contributed by atoms with E-state index in [1.54, 1.807) is 6.07 Å². The average Bonchev–Trinajstić information content (AvgIpc) is 2.49. The van der Waals surface area contributed by atoms with Crippen LogP contribution in [0.5, 0.6) is 5.75 Å². The molecule has 4 nitrogen and oxygen atoms in total. The van der Waals surface area contributed by atoms with Crippen molar-refractivity contribution in [2.45, 2.75) is 38.7 Å². The highest BCUT2D eigenvalue weighted by Crippen LogP contribution is 2.33. The molecule has 1 fully saturated rings. The van der Waals surface area contributed by atoms with E-state index in [2.05, 4.69) is 12.2 Å². The molecule has 0 saturated heterocycles. The molecule has 0 spiro atoms. The van der Waals surface area contributed by atoms with Gasteiger partial charge in [-0.1, -0.05) is 13.0 Å². The molecule has 1 aliphatic carbocycles. The topological polar surface area (TPSA) is 47.6 Å². The monoisotopic (exact) mass is 275 g/mol. The van der Waals surface area contributed by atoms with Gasteiger partial charge in [-0.15, -0.1) is 0 Å². The number of hydrogen-bond donors (Lipinski definition) is 1. The molecule has 1 aliphatic heterocycles. The van der Waals surface area contributed by atoms with Crippen molar-refractivity contribution >= 4 is 11.7 Å². The number of hydrogen-bond acceptors (Lipinski definition) is 4. The molecule has 0 atom stereocenters. The van der Waals surface area contributed by atoms with E-state index in [0.717, 1.165) is 43.8 Å². The van der Waals surface area contributed by atoms with Crippen LogP contribution in [0.1, 0.15) is 43.0 Å². The Bertz CT molecular complexity index is 492. The first-order valence-electron chi connectivity index (χ1n) is 7.44. The summed E-state index contributed by atoms with van der Waals surface area (Å²) in [7, 11) is 0. The number of fused-ring (bicyclic) bond motifs is 1. The van der Waals surface area contributed by atoms with Crippen LogP contribution < -0.4 is 10.1 Å². The summed E-state index contributed by atoms with van der Waals surface area (Å²) in [5, 5.41) is 3.23. The molecule has 3 rings (SSSR count). The van der Waals surface area contributed by atoms with Crippen molar-refractivity contribution in [1.29, 1.82) is 0 Å². The van der Waals surface area contributed by atoms with E-state index >= 15 is 0 Å². The first-order chi connectivity index (χ1) is 9.74. The second-order valence-corrected chi connectivity index (χ2v) is 5.74. The molecule has 0 radical (unpaired) electrons. The molecule has 0 aromatic heterocycles. The largest absolute Gasteiger partial charge is 0.489 e. The fraction of sp³-hybridized carbons (Fsp3) is 0.562. The first kappa shape index (κ1) is 13.3. The Labute approximate surface area is 119 Å². The lowest BCUT2D eigenvalue weighted by atomic mass is 9.89. The summed E-state index contributed by atoms with van der Waals surface area (Å²) >= 11 is 0. The van der Waals surface area contributed by atoms with E-state index in [4.69, 9.17) is 9.47 Å². The van der Waals surface area contributed by atoms with E-state index in [9.17, 15) is 4.79 Å². The molecule has 1 aromatic carbocycles. The van der Waals surface area contributed by atoms with E-state index in [-0.39, 0.29) is 12.1 Å². The van der Waals surface area contributed by atoms with Gasteiger partial charge in [-0.05, 0) is 43.7 Å². The average molecular weight is 275 g/mol. The van der Waals surface area contributed by atoms with Crippen molar-refractivity contribution in [2.24, 2.45) is 5.92 Å². The molecule has 1 N–H and O–H groups in total. The lowest BCUT2D eigenvalue weighted by Crippen LogP contribution is -2.25. The fourth-order valence-corrected chi connectivity index (χ4v) is 2.89. The molecule has 1 saturated carbocycles. The van der Waals surface area contributed by atoms with Crippen LogP contribution in [-0.4, -0.2) is 25.2 Å². The third-order valence-electron chi connectivity index (χ3n) is 4.14. The summed E-state index contributed by atoms with van der Waals surface area (Å²) in [4.78, 5) is 12.3. The van der Waals surface area contributed by atoms with Gasteiger partial charge in [-0.2, -0.15) is 0 Å². The zero-order valence-corrected chi connectivity index (χ0v) is 11.9. The smallest absolute Gasteiger partial charge is 0.342 e. The molecule has 2 aliphatic rings. The normalized spacial score (nSPS) is 25.1. The quantitative estimate of drug-likeness (QED) is 0.842. The van der Waals surface area contributed by atoms with Crippen LogP contribution >= 0.6 is 0 Å². The lowest BCUT2D eigenvalue weighted by Gasteiger charge is -2.27. The molecule has 0 amide bonds. The minimum Gasteiger partial charge on any atom is -0.489 e. The standard InChI is InChI=1S/C16H21NO3/c1-11-5-7-12(8-6-11)20-16(18)13-3-2-4-14-15(13)19-10-9-17-14/h2-4,11-12,17H,5-10H2,1H3. The third kappa shape index (κ3) is 2.74.